The fourth-order valence-corrected chi connectivity index (χ4v) is 6.38. The number of rotatable bonds is 16. The minimum Gasteiger partial charge on any atom is -0.488 e. The van der Waals surface area contributed by atoms with Crippen molar-refractivity contribution in [3.05, 3.63) is 172 Å². The summed E-state index contributed by atoms with van der Waals surface area (Å²) in [5.41, 5.74) is 5.46. The molecule has 6 rings (SSSR count). The summed E-state index contributed by atoms with van der Waals surface area (Å²) in [4.78, 5) is 0. The maximum atomic E-state index is 12.6. The largest absolute Gasteiger partial charge is 0.488 e. The van der Waals surface area contributed by atoms with Gasteiger partial charge < -0.3 is 28.4 Å². The minimum absolute atomic E-state index is 0.170. The Morgan fingerprint density at radius 2 is 1.27 bits per heavy atom. The zero-order chi connectivity index (χ0) is 35.5. The predicted octanol–water partition coefficient (Wildman–Crippen LogP) is 9.16. The van der Waals surface area contributed by atoms with E-state index in [2.05, 4.69) is 0 Å². The molecule has 1 fully saturated rings. The van der Waals surface area contributed by atoms with Gasteiger partial charge >= 0.3 is 0 Å². The van der Waals surface area contributed by atoms with Gasteiger partial charge in [-0.25, -0.2) is 8.78 Å². The first-order valence-electron chi connectivity index (χ1n) is 16.9. The summed E-state index contributed by atoms with van der Waals surface area (Å²) in [5.74, 6) is -1.02. The Morgan fingerprint density at radius 1 is 0.706 bits per heavy atom. The smallest absolute Gasteiger partial charge is 0.272 e. The van der Waals surface area contributed by atoms with Crippen molar-refractivity contribution < 1.29 is 37.2 Å². The highest BCUT2D eigenvalue weighted by Crippen LogP contribution is 2.42. The molecule has 4 atom stereocenters. The Kier molecular flexibility index (Phi) is 12.8. The molecule has 1 aliphatic heterocycles. The van der Waals surface area contributed by atoms with E-state index in [1.165, 1.54) is 0 Å². The van der Waals surface area contributed by atoms with E-state index in [1.807, 2.05) is 121 Å². The zero-order valence-electron chi connectivity index (χ0n) is 28.3. The molecule has 5 aromatic rings. The number of alkyl halides is 2. The van der Waals surface area contributed by atoms with Gasteiger partial charge in [-0.2, -0.15) is 0 Å². The molecule has 5 aromatic carbocycles. The third-order valence-electron chi connectivity index (χ3n) is 8.81. The minimum atomic E-state index is -2.55. The van der Waals surface area contributed by atoms with Crippen LogP contribution < -0.4 is 4.74 Å². The third kappa shape index (κ3) is 9.60. The molecule has 4 unspecified atom stereocenters. The monoisotopic (exact) mass is 714 g/mol. The highest BCUT2D eigenvalue weighted by Gasteiger charge is 2.55. The summed E-state index contributed by atoms with van der Waals surface area (Å²) >= 11 is 6.77. The van der Waals surface area contributed by atoms with Gasteiger partial charge in [0.05, 0.1) is 26.4 Å². The van der Waals surface area contributed by atoms with Crippen LogP contribution in [0.5, 0.6) is 5.75 Å². The van der Waals surface area contributed by atoms with Gasteiger partial charge in [-0.15, -0.1) is 0 Å². The van der Waals surface area contributed by atoms with Gasteiger partial charge in [0.25, 0.3) is 6.43 Å². The molecule has 1 saturated heterocycles. The topological polar surface area (TPSA) is 55.4 Å². The Morgan fingerprint density at radius 3 is 1.84 bits per heavy atom. The maximum absolute atomic E-state index is 12.6. The second kappa shape index (κ2) is 17.9. The van der Waals surface area contributed by atoms with Crippen LogP contribution >= 0.6 is 11.6 Å². The molecular formula is C42H41ClF2O6. The number of methoxy groups -OCH3 is 1. The van der Waals surface area contributed by atoms with E-state index < -0.39 is 37.1 Å². The summed E-state index contributed by atoms with van der Waals surface area (Å²) in [5, 5.41) is 0.557. The third-order valence-corrected chi connectivity index (χ3v) is 9.18. The molecule has 0 amide bonds. The molecule has 1 heterocycles. The summed E-state index contributed by atoms with van der Waals surface area (Å²) in [6, 6.07) is 42.5. The van der Waals surface area contributed by atoms with Crippen LogP contribution in [-0.4, -0.2) is 45.1 Å². The molecule has 1 aliphatic rings. The van der Waals surface area contributed by atoms with Gasteiger partial charge in [0.15, 0.2) is 0 Å². The summed E-state index contributed by atoms with van der Waals surface area (Å²) in [7, 11) is 1.60. The number of ether oxygens (including phenoxy) is 6. The molecule has 0 aliphatic carbocycles. The normalized spacial score (nSPS) is 20.4. The van der Waals surface area contributed by atoms with Gasteiger partial charge in [0, 0.05) is 17.7 Å². The molecule has 6 nitrogen and oxygen atoms in total. The van der Waals surface area contributed by atoms with Crippen molar-refractivity contribution in [1.82, 2.24) is 0 Å². The van der Waals surface area contributed by atoms with E-state index >= 15 is 0 Å². The lowest BCUT2D eigenvalue weighted by Crippen LogP contribution is -2.62. The van der Waals surface area contributed by atoms with E-state index in [4.69, 9.17) is 40.0 Å². The lowest BCUT2D eigenvalue weighted by molar-refractivity contribution is -0.360. The van der Waals surface area contributed by atoms with Gasteiger partial charge in [-0.3, -0.25) is 0 Å². The van der Waals surface area contributed by atoms with Crippen LogP contribution in [0, 0.1) is 0 Å². The van der Waals surface area contributed by atoms with Crippen molar-refractivity contribution in [3.8, 4) is 5.75 Å². The molecule has 266 valence electrons. The van der Waals surface area contributed by atoms with Crippen molar-refractivity contribution in [2.24, 2.45) is 0 Å². The maximum Gasteiger partial charge on any atom is 0.272 e. The number of hydrogen-bond acceptors (Lipinski definition) is 6. The number of benzene rings is 5. The first-order chi connectivity index (χ1) is 24.9. The van der Waals surface area contributed by atoms with Crippen LogP contribution in [0.25, 0.3) is 0 Å². The van der Waals surface area contributed by atoms with Crippen LogP contribution in [-0.2, 0) is 55.7 Å². The Balaban J connectivity index is 1.33. The van der Waals surface area contributed by atoms with E-state index in [-0.39, 0.29) is 13.2 Å². The van der Waals surface area contributed by atoms with E-state index in [9.17, 15) is 8.78 Å². The summed E-state index contributed by atoms with van der Waals surface area (Å²) < 4.78 is 63.6. The lowest BCUT2D eigenvalue weighted by atomic mass is 9.88. The first-order valence-corrected chi connectivity index (χ1v) is 17.3. The first kappa shape index (κ1) is 36.6. The van der Waals surface area contributed by atoms with Gasteiger partial charge in [0.2, 0.25) is 5.79 Å². The number of halogens is 3. The quantitative estimate of drug-likeness (QED) is 0.102. The molecule has 9 heteroatoms. The van der Waals surface area contributed by atoms with Crippen molar-refractivity contribution in [1.29, 1.82) is 0 Å². The van der Waals surface area contributed by atoms with Crippen molar-refractivity contribution in [2.75, 3.05) is 20.3 Å². The van der Waals surface area contributed by atoms with E-state index in [0.29, 0.717) is 36.0 Å². The molecule has 0 aromatic heterocycles. The molecule has 0 N–H and O–H groups in total. The fourth-order valence-electron chi connectivity index (χ4n) is 6.19. The zero-order valence-corrected chi connectivity index (χ0v) is 29.1. The molecule has 0 bridgehead atoms. The van der Waals surface area contributed by atoms with Gasteiger partial charge in [-0.05, 0) is 58.5 Å². The molecule has 0 radical (unpaired) electrons. The summed E-state index contributed by atoms with van der Waals surface area (Å²) in [6.45, 7) is 0.474. The van der Waals surface area contributed by atoms with Crippen molar-refractivity contribution in [3.63, 3.8) is 0 Å². The Bertz CT molecular complexity index is 1780. The molecule has 0 spiro atoms. The standard InChI is InChI=1S/C42H41ClF2O6/c1-46-42(35-19-22-37(43)34(24-35)23-30-17-20-36(21-18-30)47-29-39(44)45)41(50-27-33-15-9-4-10-16-33)40(49-26-32-13-7-3-8-14-32)38(28-51-42)48-25-31-11-5-2-6-12-31/h2-22,24,38-41H,23,25-29H2,1H3. The molecule has 51 heavy (non-hydrogen) atoms. The Labute approximate surface area is 302 Å². The van der Waals surface area contributed by atoms with Gasteiger partial charge in [-0.1, -0.05) is 121 Å². The fraction of sp³-hybridized carbons (Fsp3) is 0.286. The van der Waals surface area contributed by atoms with Crippen LogP contribution in [0.4, 0.5) is 8.78 Å². The SMILES string of the molecule is COC1(c2ccc(Cl)c(Cc3ccc(OCC(F)F)cc3)c2)OCC(OCc2ccccc2)C(OCc2ccccc2)C1OCc1ccccc1. The highest BCUT2D eigenvalue weighted by molar-refractivity contribution is 6.31. The number of hydrogen-bond donors (Lipinski definition) is 0. The average Bonchev–Trinajstić information content (AvgIpc) is 3.17. The second-order valence-electron chi connectivity index (χ2n) is 12.3. The van der Waals surface area contributed by atoms with Crippen LogP contribution in [0.3, 0.4) is 0 Å². The van der Waals surface area contributed by atoms with Crippen LogP contribution in [0.15, 0.2) is 133 Å². The predicted molar refractivity (Wildman–Crippen MR) is 192 cm³/mol. The summed E-state index contributed by atoms with van der Waals surface area (Å²) in [6.07, 6.45) is -3.95. The van der Waals surface area contributed by atoms with E-state index in [0.717, 1.165) is 27.8 Å². The average molecular weight is 715 g/mol. The van der Waals surface area contributed by atoms with Crippen LogP contribution in [0.2, 0.25) is 5.02 Å². The van der Waals surface area contributed by atoms with E-state index in [1.54, 1.807) is 19.2 Å². The molecular weight excluding hydrogens is 674 g/mol. The van der Waals surface area contributed by atoms with Crippen molar-refractivity contribution >= 4 is 11.6 Å². The lowest BCUT2D eigenvalue weighted by Gasteiger charge is -2.49. The second-order valence-corrected chi connectivity index (χ2v) is 12.7. The van der Waals surface area contributed by atoms with Crippen molar-refractivity contribution in [2.45, 2.75) is 56.8 Å². The highest BCUT2D eigenvalue weighted by atomic mass is 35.5. The van der Waals surface area contributed by atoms with Gasteiger partial charge in [0.1, 0.15) is 30.7 Å². The van der Waals surface area contributed by atoms with Crippen LogP contribution in [0.1, 0.15) is 33.4 Å². The molecule has 0 saturated carbocycles. The Hall–Kier alpha value is -4.15.